The molecule has 0 saturated heterocycles. The van der Waals surface area contributed by atoms with Crippen LogP contribution in [0.25, 0.3) is 0 Å². The van der Waals surface area contributed by atoms with Gasteiger partial charge in [0.1, 0.15) is 11.4 Å². The highest BCUT2D eigenvalue weighted by Crippen LogP contribution is 2.59. The Morgan fingerprint density at radius 3 is 2.69 bits per heavy atom. The van der Waals surface area contributed by atoms with E-state index in [9.17, 15) is 15.3 Å². The van der Waals surface area contributed by atoms with Crippen LogP contribution in [0.3, 0.4) is 0 Å². The summed E-state index contributed by atoms with van der Waals surface area (Å²) >= 11 is 0. The Morgan fingerprint density at radius 2 is 2.00 bits per heavy atom. The van der Waals surface area contributed by atoms with Crippen LogP contribution in [0.4, 0.5) is 0 Å². The number of aryl methyl sites for hydroxylation is 1. The fourth-order valence-corrected chi connectivity index (χ4v) is 5.56. The van der Waals surface area contributed by atoms with Crippen LogP contribution in [0.5, 0.6) is 5.75 Å². The molecule has 1 saturated carbocycles. The van der Waals surface area contributed by atoms with Crippen LogP contribution in [0.1, 0.15) is 56.4 Å². The molecule has 4 heteroatoms. The third-order valence-electron chi connectivity index (χ3n) is 6.98. The first kappa shape index (κ1) is 17.5. The summed E-state index contributed by atoms with van der Waals surface area (Å²) in [6, 6.07) is 11.1. The Hall–Kier alpha value is -1.91. The number of fused-ring (bicyclic) bond motifs is 3. The monoisotopic (exact) mass is 353 g/mol. The van der Waals surface area contributed by atoms with Crippen molar-refractivity contribution in [3.05, 3.63) is 59.4 Å². The Balaban J connectivity index is 1.83. The highest BCUT2D eigenvalue weighted by molar-refractivity contribution is 5.44. The maximum absolute atomic E-state index is 11.6. The van der Waals surface area contributed by atoms with Crippen molar-refractivity contribution >= 4 is 0 Å². The minimum atomic E-state index is -1.36. The fourth-order valence-electron chi connectivity index (χ4n) is 5.56. The Kier molecular flexibility index (Phi) is 3.90. The van der Waals surface area contributed by atoms with Gasteiger partial charge in [-0.05, 0) is 80.3 Å². The molecular weight excluding hydrogens is 326 g/mol. The number of hydrogen-bond acceptors (Lipinski definition) is 4. The zero-order valence-electron chi connectivity index (χ0n) is 15.4. The van der Waals surface area contributed by atoms with Crippen molar-refractivity contribution in [2.75, 3.05) is 0 Å². The maximum Gasteiger partial charge on any atom is 0.135 e. The standard InChI is InChI=1S/C22H27NO3/c1-3-21-14-20(2,25)22(26,19-6-4-5-11-23-19)13-16(21)8-7-15-12-17(24)9-10-18(15)21/h4-6,9-12,16,24-26H,3,7-8,13-14H2,1-2H3/t16-,20-,21-,22-/m1/s1. The molecule has 4 nitrogen and oxygen atoms in total. The van der Waals surface area contributed by atoms with E-state index in [0.29, 0.717) is 24.3 Å². The molecule has 1 fully saturated rings. The van der Waals surface area contributed by atoms with Gasteiger partial charge in [0, 0.05) is 11.6 Å². The molecule has 4 atom stereocenters. The molecule has 0 unspecified atom stereocenters. The number of pyridine rings is 1. The number of aliphatic hydroxyl groups is 2. The lowest BCUT2D eigenvalue weighted by molar-refractivity contribution is -0.207. The van der Waals surface area contributed by atoms with Crippen molar-refractivity contribution < 1.29 is 15.3 Å². The van der Waals surface area contributed by atoms with Crippen LogP contribution < -0.4 is 0 Å². The van der Waals surface area contributed by atoms with Crippen molar-refractivity contribution in [3.63, 3.8) is 0 Å². The summed E-state index contributed by atoms with van der Waals surface area (Å²) < 4.78 is 0. The van der Waals surface area contributed by atoms with E-state index in [4.69, 9.17) is 0 Å². The summed E-state index contributed by atoms with van der Waals surface area (Å²) in [6.45, 7) is 3.90. The molecule has 0 radical (unpaired) electrons. The van der Waals surface area contributed by atoms with Gasteiger partial charge in [-0.25, -0.2) is 0 Å². The van der Waals surface area contributed by atoms with E-state index < -0.39 is 11.2 Å². The van der Waals surface area contributed by atoms with Crippen molar-refractivity contribution in [3.8, 4) is 5.75 Å². The smallest absolute Gasteiger partial charge is 0.135 e. The van der Waals surface area contributed by atoms with Gasteiger partial charge in [0.2, 0.25) is 0 Å². The van der Waals surface area contributed by atoms with Gasteiger partial charge < -0.3 is 15.3 Å². The van der Waals surface area contributed by atoms with Gasteiger partial charge in [0.15, 0.2) is 0 Å². The first-order valence-corrected chi connectivity index (χ1v) is 9.51. The largest absolute Gasteiger partial charge is 0.508 e. The summed E-state index contributed by atoms with van der Waals surface area (Å²) in [4.78, 5) is 4.37. The second-order valence-corrected chi connectivity index (χ2v) is 8.32. The molecule has 0 bridgehead atoms. The van der Waals surface area contributed by atoms with Gasteiger partial charge in [-0.2, -0.15) is 0 Å². The third kappa shape index (κ3) is 2.32. The molecule has 2 aliphatic carbocycles. The number of phenols is 1. The van der Waals surface area contributed by atoms with Crippen LogP contribution in [0.15, 0.2) is 42.6 Å². The number of benzene rings is 1. The van der Waals surface area contributed by atoms with Gasteiger partial charge in [-0.3, -0.25) is 4.98 Å². The first-order valence-electron chi connectivity index (χ1n) is 9.51. The van der Waals surface area contributed by atoms with E-state index in [1.54, 1.807) is 19.2 Å². The molecule has 138 valence electrons. The van der Waals surface area contributed by atoms with Crippen molar-refractivity contribution in [2.45, 2.75) is 62.6 Å². The molecule has 0 spiro atoms. The third-order valence-corrected chi connectivity index (χ3v) is 6.98. The number of phenolic OH excluding ortho intramolecular Hbond substituents is 1. The zero-order valence-corrected chi connectivity index (χ0v) is 15.4. The SMILES string of the molecule is CC[C@@]12C[C@@](C)(O)[C@](O)(c3ccccn3)C[C@H]1CCc1cc(O)ccc12. The normalized spacial score (nSPS) is 36.2. The second kappa shape index (κ2) is 5.80. The zero-order chi connectivity index (χ0) is 18.6. The van der Waals surface area contributed by atoms with Crippen molar-refractivity contribution in [2.24, 2.45) is 5.92 Å². The molecule has 0 aliphatic heterocycles. The topological polar surface area (TPSA) is 73.6 Å². The second-order valence-electron chi connectivity index (χ2n) is 8.32. The van der Waals surface area contributed by atoms with Crippen LogP contribution in [0.2, 0.25) is 0 Å². The maximum atomic E-state index is 11.6. The predicted octanol–water partition coefficient (Wildman–Crippen LogP) is 3.43. The van der Waals surface area contributed by atoms with Crippen LogP contribution >= 0.6 is 0 Å². The van der Waals surface area contributed by atoms with Gasteiger partial charge >= 0.3 is 0 Å². The molecule has 2 aliphatic rings. The average Bonchev–Trinajstić information content (AvgIpc) is 2.63. The van der Waals surface area contributed by atoms with E-state index >= 15 is 0 Å². The van der Waals surface area contributed by atoms with E-state index in [0.717, 1.165) is 19.3 Å². The van der Waals surface area contributed by atoms with Gasteiger partial charge in [-0.1, -0.05) is 19.1 Å². The van der Waals surface area contributed by atoms with E-state index in [1.807, 2.05) is 30.3 Å². The summed E-state index contributed by atoms with van der Waals surface area (Å²) in [5, 5.41) is 32.9. The Morgan fingerprint density at radius 1 is 1.19 bits per heavy atom. The molecular formula is C22H27NO3. The Labute approximate surface area is 154 Å². The number of nitrogens with zero attached hydrogens (tertiary/aromatic N) is 1. The van der Waals surface area contributed by atoms with Crippen LogP contribution in [0, 0.1) is 5.92 Å². The van der Waals surface area contributed by atoms with E-state index in [2.05, 4.69) is 11.9 Å². The molecule has 3 N–H and O–H groups in total. The highest BCUT2D eigenvalue weighted by Gasteiger charge is 2.61. The number of aromatic hydroxyl groups is 1. The average molecular weight is 353 g/mol. The summed E-state index contributed by atoms with van der Waals surface area (Å²) in [6.07, 6.45) is 5.36. The van der Waals surface area contributed by atoms with Crippen LogP contribution in [-0.4, -0.2) is 25.9 Å². The number of rotatable bonds is 2. The molecule has 2 aromatic rings. The van der Waals surface area contributed by atoms with Crippen LogP contribution in [-0.2, 0) is 17.4 Å². The number of aromatic nitrogens is 1. The van der Waals surface area contributed by atoms with E-state index in [1.165, 1.54) is 11.1 Å². The minimum Gasteiger partial charge on any atom is -0.508 e. The Bertz CT molecular complexity index is 819. The quantitative estimate of drug-likeness (QED) is 0.773. The van der Waals surface area contributed by atoms with E-state index in [-0.39, 0.29) is 11.3 Å². The molecule has 0 amide bonds. The van der Waals surface area contributed by atoms with Crippen molar-refractivity contribution in [1.29, 1.82) is 0 Å². The van der Waals surface area contributed by atoms with Crippen molar-refractivity contribution in [1.82, 2.24) is 4.98 Å². The molecule has 4 rings (SSSR count). The lowest BCUT2D eigenvalue weighted by atomic mass is 9.49. The lowest BCUT2D eigenvalue weighted by Gasteiger charge is -2.58. The number of hydrogen-bond donors (Lipinski definition) is 3. The fraction of sp³-hybridized carbons (Fsp3) is 0.500. The summed E-state index contributed by atoms with van der Waals surface area (Å²) in [7, 11) is 0. The molecule has 1 aromatic carbocycles. The molecule has 26 heavy (non-hydrogen) atoms. The highest BCUT2D eigenvalue weighted by atomic mass is 16.4. The molecule has 1 heterocycles. The summed E-state index contributed by atoms with van der Waals surface area (Å²) in [5.74, 6) is 0.554. The molecule has 1 aromatic heterocycles. The lowest BCUT2D eigenvalue weighted by Crippen LogP contribution is -2.62. The minimum absolute atomic E-state index is 0.189. The first-order chi connectivity index (χ1) is 12.3. The van der Waals surface area contributed by atoms with Gasteiger partial charge in [0.05, 0.1) is 11.3 Å². The van der Waals surface area contributed by atoms with Gasteiger partial charge in [-0.15, -0.1) is 0 Å². The summed E-state index contributed by atoms with van der Waals surface area (Å²) in [5.41, 5.74) is 0.101. The van der Waals surface area contributed by atoms with Gasteiger partial charge in [0.25, 0.3) is 0 Å². The predicted molar refractivity (Wildman–Crippen MR) is 99.9 cm³/mol.